The van der Waals surface area contributed by atoms with E-state index in [1.165, 1.54) is 11.3 Å². The second-order valence-electron chi connectivity index (χ2n) is 9.46. The standard InChI is InChI=1S/C28H32N6O3S/c1-33-9-11-34(12-10-33)8-3-13-37-25-15-22-21(14-24(25)36-2)27(31-17-30-22)20-6-4-19(5-7-20)26(28(29)35)23-16-38-18-32-23/h4-7,14-18,26H,3,8-13H2,1-2H3,(H2,29,35). The zero-order valence-corrected chi connectivity index (χ0v) is 22.5. The molecule has 0 saturated carbocycles. The first-order valence-electron chi connectivity index (χ1n) is 12.7. The van der Waals surface area contributed by atoms with Gasteiger partial charge in [0.15, 0.2) is 11.5 Å². The number of rotatable bonds is 10. The van der Waals surface area contributed by atoms with Crippen LogP contribution in [0.2, 0.25) is 0 Å². The molecule has 198 valence electrons. The number of nitrogens with two attached hydrogens (primary N) is 1. The van der Waals surface area contributed by atoms with Crippen molar-refractivity contribution < 1.29 is 14.3 Å². The Morgan fingerprint density at radius 1 is 1.08 bits per heavy atom. The van der Waals surface area contributed by atoms with Crippen molar-refractivity contribution in [1.29, 1.82) is 0 Å². The molecule has 9 nitrogen and oxygen atoms in total. The number of ether oxygens (including phenoxy) is 2. The van der Waals surface area contributed by atoms with Crippen LogP contribution in [0.4, 0.5) is 0 Å². The highest BCUT2D eigenvalue weighted by Gasteiger charge is 2.22. The third kappa shape index (κ3) is 5.77. The monoisotopic (exact) mass is 532 g/mol. The van der Waals surface area contributed by atoms with Crippen LogP contribution >= 0.6 is 11.3 Å². The molecule has 2 aromatic heterocycles. The number of methoxy groups -OCH3 is 1. The van der Waals surface area contributed by atoms with Crippen molar-refractivity contribution >= 4 is 28.1 Å². The van der Waals surface area contributed by atoms with Crippen molar-refractivity contribution in [3.05, 3.63) is 64.9 Å². The molecule has 0 spiro atoms. The van der Waals surface area contributed by atoms with Crippen LogP contribution in [0.25, 0.3) is 22.2 Å². The third-order valence-electron chi connectivity index (χ3n) is 6.94. The molecular weight excluding hydrogens is 500 g/mol. The van der Waals surface area contributed by atoms with E-state index in [9.17, 15) is 4.79 Å². The molecule has 0 aliphatic carbocycles. The highest BCUT2D eigenvalue weighted by molar-refractivity contribution is 7.07. The Hall–Kier alpha value is -3.60. The summed E-state index contributed by atoms with van der Waals surface area (Å²) >= 11 is 1.44. The molecular formula is C28H32N6O3S. The van der Waals surface area contributed by atoms with E-state index in [-0.39, 0.29) is 0 Å². The van der Waals surface area contributed by atoms with Gasteiger partial charge in [0, 0.05) is 55.1 Å². The quantitative estimate of drug-likeness (QED) is 0.310. The molecule has 1 fully saturated rings. The van der Waals surface area contributed by atoms with E-state index in [0.29, 0.717) is 23.8 Å². The summed E-state index contributed by atoms with van der Waals surface area (Å²) in [5.41, 5.74) is 11.3. The summed E-state index contributed by atoms with van der Waals surface area (Å²) in [6.45, 7) is 6.05. The second-order valence-corrected chi connectivity index (χ2v) is 10.2. The van der Waals surface area contributed by atoms with Crippen molar-refractivity contribution in [2.75, 3.05) is 53.5 Å². The number of carbonyl (C=O) groups excluding carboxylic acids is 1. The van der Waals surface area contributed by atoms with Crippen LogP contribution in [0.5, 0.6) is 11.5 Å². The average molecular weight is 533 g/mol. The first kappa shape index (κ1) is 26.0. The van der Waals surface area contributed by atoms with Gasteiger partial charge in [-0.3, -0.25) is 4.79 Å². The number of thiazole rings is 1. The Morgan fingerprint density at radius 2 is 1.87 bits per heavy atom. The summed E-state index contributed by atoms with van der Waals surface area (Å²) in [6, 6.07) is 11.5. The number of nitrogens with zero attached hydrogens (tertiary/aromatic N) is 5. The maximum Gasteiger partial charge on any atom is 0.231 e. The number of carbonyl (C=O) groups is 1. The lowest BCUT2D eigenvalue weighted by Gasteiger charge is -2.32. The van der Waals surface area contributed by atoms with E-state index in [4.69, 9.17) is 15.2 Å². The number of amides is 1. The van der Waals surface area contributed by atoms with Gasteiger partial charge in [-0.1, -0.05) is 24.3 Å². The Labute approximate surface area is 226 Å². The molecule has 38 heavy (non-hydrogen) atoms. The Bertz CT molecular complexity index is 1370. The van der Waals surface area contributed by atoms with Gasteiger partial charge >= 0.3 is 0 Å². The Kier molecular flexibility index (Phi) is 8.11. The lowest BCUT2D eigenvalue weighted by molar-refractivity contribution is -0.118. The van der Waals surface area contributed by atoms with E-state index in [0.717, 1.165) is 66.9 Å². The third-order valence-corrected chi connectivity index (χ3v) is 7.55. The summed E-state index contributed by atoms with van der Waals surface area (Å²) in [7, 11) is 3.80. The van der Waals surface area contributed by atoms with E-state index < -0.39 is 11.8 Å². The SMILES string of the molecule is COc1cc2c(-c3ccc(C(C(N)=O)c4cscn4)cc3)ncnc2cc1OCCCN1CCN(C)CC1. The zero-order chi connectivity index (χ0) is 26.5. The molecule has 1 unspecified atom stereocenters. The van der Waals surface area contributed by atoms with Crippen LogP contribution < -0.4 is 15.2 Å². The molecule has 1 saturated heterocycles. The van der Waals surface area contributed by atoms with Gasteiger partial charge in [0.2, 0.25) is 5.91 Å². The number of hydrogen-bond donors (Lipinski definition) is 1. The van der Waals surface area contributed by atoms with Crippen molar-refractivity contribution in [2.45, 2.75) is 12.3 Å². The van der Waals surface area contributed by atoms with Crippen LogP contribution in [0, 0.1) is 0 Å². The number of likely N-dealkylation sites (N-methyl/N-ethyl adjacent to an activating group) is 1. The number of fused-ring (bicyclic) bond motifs is 1. The summed E-state index contributed by atoms with van der Waals surface area (Å²) < 4.78 is 11.8. The number of piperazine rings is 1. The number of aromatic nitrogens is 3. The fourth-order valence-corrected chi connectivity index (χ4v) is 5.37. The first-order chi connectivity index (χ1) is 18.5. The second kappa shape index (κ2) is 11.8. The van der Waals surface area contributed by atoms with Crippen molar-refractivity contribution in [2.24, 2.45) is 5.73 Å². The lowest BCUT2D eigenvalue weighted by atomic mass is 9.94. The predicted molar refractivity (Wildman–Crippen MR) is 149 cm³/mol. The zero-order valence-electron chi connectivity index (χ0n) is 21.7. The smallest absolute Gasteiger partial charge is 0.231 e. The minimum Gasteiger partial charge on any atom is -0.493 e. The minimum atomic E-state index is -0.589. The van der Waals surface area contributed by atoms with Crippen molar-refractivity contribution in [1.82, 2.24) is 24.8 Å². The fraction of sp³-hybridized carbons (Fsp3) is 0.357. The van der Waals surface area contributed by atoms with Crippen LogP contribution in [0.1, 0.15) is 23.6 Å². The van der Waals surface area contributed by atoms with Crippen LogP contribution in [0.15, 0.2) is 53.6 Å². The summed E-state index contributed by atoms with van der Waals surface area (Å²) in [5.74, 6) is 0.290. The Morgan fingerprint density at radius 3 is 2.55 bits per heavy atom. The molecule has 4 aromatic rings. The Balaban J connectivity index is 1.33. The molecule has 1 aliphatic rings. The number of benzene rings is 2. The molecule has 0 bridgehead atoms. The van der Waals surface area contributed by atoms with E-state index >= 15 is 0 Å². The minimum absolute atomic E-state index is 0.433. The number of hydrogen-bond acceptors (Lipinski definition) is 9. The summed E-state index contributed by atoms with van der Waals surface area (Å²) in [6.07, 6.45) is 2.50. The topological polar surface area (TPSA) is 107 Å². The molecule has 1 atom stereocenters. The van der Waals surface area contributed by atoms with Crippen LogP contribution in [-0.2, 0) is 4.79 Å². The summed E-state index contributed by atoms with van der Waals surface area (Å²) in [4.78, 5) is 30.3. The lowest BCUT2D eigenvalue weighted by Crippen LogP contribution is -2.44. The molecule has 2 aromatic carbocycles. The average Bonchev–Trinajstić information content (AvgIpc) is 3.46. The predicted octanol–water partition coefficient (Wildman–Crippen LogP) is 3.40. The highest BCUT2D eigenvalue weighted by atomic mass is 32.1. The van der Waals surface area contributed by atoms with Gasteiger partial charge in [0.05, 0.1) is 36.1 Å². The molecule has 1 aliphatic heterocycles. The normalized spacial score (nSPS) is 15.4. The van der Waals surface area contributed by atoms with Crippen LogP contribution in [-0.4, -0.2) is 84.1 Å². The van der Waals surface area contributed by atoms with E-state index in [1.54, 1.807) is 18.9 Å². The van der Waals surface area contributed by atoms with Crippen molar-refractivity contribution in [3.63, 3.8) is 0 Å². The molecule has 2 N–H and O–H groups in total. The van der Waals surface area contributed by atoms with Gasteiger partial charge in [-0.2, -0.15) is 0 Å². The fourth-order valence-electron chi connectivity index (χ4n) is 4.79. The van der Waals surface area contributed by atoms with Gasteiger partial charge in [-0.25, -0.2) is 15.0 Å². The van der Waals surface area contributed by atoms with Gasteiger partial charge < -0.3 is 25.0 Å². The van der Waals surface area contributed by atoms with Gasteiger partial charge in [0.25, 0.3) is 0 Å². The molecule has 5 rings (SSSR count). The van der Waals surface area contributed by atoms with E-state index in [1.807, 2.05) is 41.8 Å². The maximum atomic E-state index is 12.2. The molecule has 10 heteroatoms. The van der Waals surface area contributed by atoms with Gasteiger partial charge in [-0.15, -0.1) is 11.3 Å². The first-order valence-corrected chi connectivity index (χ1v) is 13.6. The van der Waals surface area contributed by atoms with E-state index in [2.05, 4.69) is 31.8 Å². The van der Waals surface area contributed by atoms with Crippen LogP contribution in [0.3, 0.4) is 0 Å². The molecule has 1 amide bonds. The summed E-state index contributed by atoms with van der Waals surface area (Å²) in [5, 5.41) is 2.70. The highest BCUT2D eigenvalue weighted by Crippen LogP contribution is 2.36. The number of primary amides is 1. The molecule has 3 heterocycles. The van der Waals surface area contributed by atoms with Crippen molar-refractivity contribution in [3.8, 4) is 22.8 Å². The largest absolute Gasteiger partial charge is 0.493 e. The molecule has 0 radical (unpaired) electrons. The van der Waals surface area contributed by atoms with Gasteiger partial charge in [-0.05, 0) is 25.1 Å². The maximum absolute atomic E-state index is 12.2. The van der Waals surface area contributed by atoms with Gasteiger partial charge in [0.1, 0.15) is 12.2 Å².